The molecule has 242 valence electrons. The number of benzene rings is 3. The Bertz CT molecular complexity index is 1600. The van der Waals surface area contributed by atoms with Gasteiger partial charge in [0, 0.05) is 19.0 Å². The highest BCUT2D eigenvalue weighted by Crippen LogP contribution is 2.37. The van der Waals surface area contributed by atoms with E-state index in [-0.39, 0.29) is 24.7 Å². The molecule has 2 amide bonds. The number of anilines is 1. The monoisotopic (exact) mass is 665 g/mol. The van der Waals surface area contributed by atoms with Crippen molar-refractivity contribution in [1.29, 1.82) is 0 Å². The summed E-state index contributed by atoms with van der Waals surface area (Å²) in [6.07, 6.45) is -0.426. The zero-order valence-electron chi connectivity index (χ0n) is 24.9. The lowest BCUT2D eigenvalue weighted by Crippen LogP contribution is -2.54. The van der Waals surface area contributed by atoms with Crippen molar-refractivity contribution in [3.05, 3.63) is 94.5 Å². The van der Waals surface area contributed by atoms with Crippen LogP contribution in [0.3, 0.4) is 0 Å². The van der Waals surface area contributed by atoms with Gasteiger partial charge in [0.25, 0.3) is 0 Å². The molecule has 0 heterocycles. The van der Waals surface area contributed by atoms with Crippen LogP contribution in [-0.2, 0) is 38.8 Å². The van der Waals surface area contributed by atoms with Gasteiger partial charge in [-0.05, 0) is 54.3 Å². The number of amides is 2. The van der Waals surface area contributed by atoms with Crippen molar-refractivity contribution in [1.82, 2.24) is 10.2 Å². The molecule has 1 aliphatic carbocycles. The molecule has 3 aromatic rings. The largest absolute Gasteiger partial charge is 0.497 e. The average molecular weight is 666 g/mol. The van der Waals surface area contributed by atoms with Gasteiger partial charge in [-0.25, -0.2) is 8.42 Å². The summed E-state index contributed by atoms with van der Waals surface area (Å²) in [5.74, 6) is -0.679. The molecule has 1 atom stereocenters. The maximum atomic E-state index is 14.2. The van der Waals surface area contributed by atoms with Crippen LogP contribution in [0.1, 0.15) is 42.4 Å². The molecule has 3 aromatic carbocycles. The summed E-state index contributed by atoms with van der Waals surface area (Å²) < 4.78 is 72.8. The first-order valence-corrected chi connectivity index (χ1v) is 16.6. The van der Waals surface area contributed by atoms with Crippen LogP contribution >= 0.6 is 11.6 Å². The molecule has 1 aliphatic rings. The van der Waals surface area contributed by atoms with Crippen molar-refractivity contribution in [2.24, 2.45) is 0 Å². The van der Waals surface area contributed by atoms with Gasteiger partial charge in [-0.15, -0.1) is 0 Å². The number of rotatable bonds is 12. The Balaban J connectivity index is 1.77. The number of methoxy groups -OCH3 is 1. The molecule has 0 aromatic heterocycles. The molecular formula is C32H35ClF3N3O5S. The number of nitrogens with one attached hydrogen (secondary N) is 1. The second-order valence-electron chi connectivity index (χ2n) is 11.0. The van der Waals surface area contributed by atoms with Gasteiger partial charge in [-0.3, -0.25) is 13.9 Å². The topological polar surface area (TPSA) is 96.0 Å². The maximum absolute atomic E-state index is 14.2. The number of ether oxygens (including phenoxy) is 1. The third kappa shape index (κ3) is 9.13. The number of carbonyl (C=O) groups excluding carboxylic acids is 2. The standard InChI is InChI=1S/C32H35ClF3N3O5S/c1-44-26-14-8-11-23(17-26)20-38(29(18-22-9-4-3-5-10-22)31(41)37-24-12-6-7-13-24)30(40)21-39(45(2,42)43)25-15-16-28(33)27(19-25)32(34,35)36/h3-5,8-11,14-17,19,24,29H,6-7,12-13,18,20-21H2,1-2H3,(H,37,41). The minimum Gasteiger partial charge on any atom is -0.497 e. The smallest absolute Gasteiger partial charge is 0.417 e. The van der Waals surface area contributed by atoms with E-state index >= 15 is 0 Å². The molecule has 0 spiro atoms. The summed E-state index contributed by atoms with van der Waals surface area (Å²) in [5, 5.41) is 2.45. The molecule has 0 saturated heterocycles. The molecule has 1 unspecified atom stereocenters. The minimum atomic E-state index is -4.86. The Labute approximate surface area is 266 Å². The molecule has 0 bridgehead atoms. The van der Waals surface area contributed by atoms with Gasteiger partial charge in [0.15, 0.2) is 0 Å². The maximum Gasteiger partial charge on any atom is 0.417 e. The Kier molecular flexibility index (Phi) is 11.0. The molecule has 1 fully saturated rings. The van der Waals surface area contributed by atoms with Crippen LogP contribution in [0, 0.1) is 0 Å². The predicted molar refractivity (Wildman–Crippen MR) is 167 cm³/mol. The number of nitrogens with zero attached hydrogens (tertiary/aromatic N) is 2. The number of hydrogen-bond acceptors (Lipinski definition) is 5. The number of carbonyl (C=O) groups is 2. The van der Waals surface area contributed by atoms with E-state index in [2.05, 4.69) is 5.32 Å². The molecule has 1 saturated carbocycles. The van der Waals surface area contributed by atoms with Crippen LogP contribution < -0.4 is 14.4 Å². The van der Waals surface area contributed by atoms with Gasteiger partial charge in [-0.1, -0.05) is 66.9 Å². The predicted octanol–water partition coefficient (Wildman–Crippen LogP) is 5.83. The molecule has 0 radical (unpaired) electrons. The first-order valence-electron chi connectivity index (χ1n) is 14.4. The van der Waals surface area contributed by atoms with Gasteiger partial charge in [-0.2, -0.15) is 13.2 Å². The number of halogens is 4. The first kappa shape index (κ1) is 34.1. The fraction of sp³-hybridized carbons (Fsp3) is 0.375. The minimum absolute atomic E-state index is 0.0630. The highest BCUT2D eigenvalue weighted by molar-refractivity contribution is 7.92. The zero-order chi connectivity index (χ0) is 32.8. The van der Waals surface area contributed by atoms with E-state index in [9.17, 15) is 31.2 Å². The molecule has 1 N–H and O–H groups in total. The van der Waals surface area contributed by atoms with E-state index in [0.717, 1.165) is 49.6 Å². The number of hydrogen-bond donors (Lipinski definition) is 1. The van der Waals surface area contributed by atoms with Gasteiger partial charge < -0.3 is 15.0 Å². The van der Waals surface area contributed by atoms with Crippen LogP contribution in [0.25, 0.3) is 0 Å². The summed E-state index contributed by atoms with van der Waals surface area (Å²) in [7, 11) is -2.79. The fourth-order valence-corrected chi connectivity index (χ4v) is 6.45. The van der Waals surface area contributed by atoms with E-state index in [1.165, 1.54) is 12.0 Å². The normalized spacial score (nSPS) is 14.5. The van der Waals surface area contributed by atoms with Crippen molar-refractivity contribution >= 4 is 39.1 Å². The zero-order valence-corrected chi connectivity index (χ0v) is 26.5. The second-order valence-corrected chi connectivity index (χ2v) is 13.3. The van der Waals surface area contributed by atoms with Crippen LogP contribution in [0.5, 0.6) is 5.75 Å². The first-order chi connectivity index (χ1) is 21.3. The van der Waals surface area contributed by atoms with Crippen LogP contribution in [0.15, 0.2) is 72.8 Å². The van der Waals surface area contributed by atoms with Crippen molar-refractivity contribution in [3.63, 3.8) is 0 Å². The molecule has 8 nitrogen and oxygen atoms in total. The molecular weight excluding hydrogens is 631 g/mol. The van der Waals surface area contributed by atoms with E-state index in [1.807, 2.05) is 18.2 Å². The third-order valence-electron chi connectivity index (χ3n) is 7.68. The highest BCUT2D eigenvalue weighted by Gasteiger charge is 2.37. The van der Waals surface area contributed by atoms with Gasteiger partial charge >= 0.3 is 6.18 Å². The van der Waals surface area contributed by atoms with Crippen LogP contribution in [-0.4, -0.2) is 57.1 Å². The van der Waals surface area contributed by atoms with Crippen LogP contribution in [0.2, 0.25) is 5.02 Å². The Hall–Kier alpha value is -3.77. The van der Waals surface area contributed by atoms with Crippen molar-refractivity contribution in [2.75, 3.05) is 24.2 Å². The van der Waals surface area contributed by atoms with E-state index < -0.39 is 51.2 Å². The lowest BCUT2D eigenvalue weighted by Gasteiger charge is -2.34. The van der Waals surface area contributed by atoms with Crippen molar-refractivity contribution in [2.45, 2.75) is 56.9 Å². The highest BCUT2D eigenvalue weighted by atomic mass is 35.5. The summed E-state index contributed by atoms with van der Waals surface area (Å²) in [6.45, 7) is -0.957. The summed E-state index contributed by atoms with van der Waals surface area (Å²) in [5.41, 5.74) is -0.265. The van der Waals surface area contributed by atoms with Crippen LogP contribution in [0.4, 0.5) is 18.9 Å². The van der Waals surface area contributed by atoms with Gasteiger partial charge in [0.2, 0.25) is 21.8 Å². The Morgan fingerprint density at radius 2 is 1.67 bits per heavy atom. The lowest BCUT2D eigenvalue weighted by atomic mass is 10.0. The summed E-state index contributed by atoms with van der Waals surface area (Å²) in [6, 6.07) is 17.4. The fourth-order valence-electron chi connectivity index (χ4n) is 5.39. The van der Waals surface area contributed by atoms with Crippen molar-refractivity contribution in [3.8, 4) is 5.75 Å². The quantitative estimate of drug-likeness (QED) is 0.263. The van der Waals surface area contributed by atoms with E-state index in [0.29, 0.717) is 21.7 Å². The molecule has 13 heteroatoms. The summed E-state index contributed by atoms with van der Waals surface area (Å²) in [4.78, 5) is 29.4. The summed E-state index contributed by atoms with van der Waals surface area (Å²) >= 11 is 5.78. The number of sulfonamides is 1. The Morgan fingerprint density at radius 1 is 1.00 bits per heavy atom. The van der Waals surface area contributed by atoms with Gasteiger partial charge in [0.05, 0.1) is 29.6 Å². The second kappa shape index (κ2) is 14.6. The van der Waals surface area contributed by atoms with E-state index in [1.54, 1.807) is 36.4 Å². The average Bonchev–Trinajstić information content (AvgIpc) is 3.50. The lowest BCUT2D eigenvalue weighted by molar-refractivity contribution is -0.140. The number of alkyl halides is 3. The third-order valence-corrected chi connectivity index (χ3v) is 9.15. The van der Waals surface area contributed by atoms with Gasteiger partial charge in [0.1, 0.15) is 18.3 Å². The molecule has 45 heavy (non-hydrogen) atoms. The Morgan fingerprint density at radius 3 is 2.29 bits per heavy atom. The molecule has 0 aliphatic heterocycles. The van der Waals surface area contributed by atoms with Crippen molar-refractivity contribution < 1.29 is 35.9 Å². The SMILES string of the molecule is COc1cccc(CN(C(=O)CN(c2ccc(Cl)c(C(F)(F)F)c2)S(C)(=O)=O)C(Cc2ccccc2)C(=O)NC2CCCC2)c1. The van der Waals surface area contributed by atoms with E-state index in [4.69, 9.17) is 16.3 Å². The molecule has 4 rings (SSSR count).